The van der Waals surface area contributed by atoms with Gasteiger partial charge in [-0.05, 0) is 17.5 Å². The molecule has 0 saturated carbocycles. The predicted molar refractivity (Wildman–Crippen MR) is 133 cm³/mol. The quantitative estimate of drug-likeness (QED) is 0.238. The van der Waals surface area contributed by atoms with Crippen LogP contribution in [0.15, 0.2) is 79.4 Å². The molecule has 30 heavy (non-hydrogen) atoms. The van der Waals surface area contributed by atoms with Crippen LogP contribution in [0.3, 0.4) is 0 Å². The Kier molecular flexibility index (Phi) is 12.4. The molecule has 3 heteroatoms. The van der Waals surface area contributed by atoms with Crippen molar-refractivity contribution in [2.24, 2.45) is 0 Å². The Bertz CT molecular complexity index is 702. The zero-order valence-electron chi connectivity index (χ0n) is 19.0. The third-order valence-corrected chi connectivity index (χ3v) is 5.64. The van der Waals surface area contributed by atoms with Crippen LogP contribution in [0.4, 0.5) is 0 Å². The van der Waals surface area contributed by atoms with Crippen molar-refractivity contribution in [1.29, 1.82) is 0 Å². The smallest absolute Gasteiger partial charge is 0.102 e. The third-order valence-electron chi connectivity index (χ3n) is 5.64. The van der Waals surface area contributed by atoms with E-state index in [2.05, 4.69) is 85.0 Å². The van der Waals surface area contributed by atoms with E-state index in [0.29, 0.717) is 5.92 Å². The second kappa shape index (κ2) is 15.5. The SMILES string of the molecule is BCC(c1ccccc1)c1ccccc1.CCCCCCCCCCn1ccnc1. The summed E-state index contributed by atoms with van der Waals surface area (Å²) in [6.07, 6.45) is 18.0. The van der Waals surface area contributed by atoms with Crippen LogP contribution in [-0.2, 0) is 6.54 Å². The standard InChI is InChI=1S/C14H15B.C13H24N2/c15-11-14(12-7-3-1-4-8-12)13-9-5-2-6-10-13;1-2-3-4-5-6-7-8-9-11-15-12-10-14-13-15/h1-10,14H,11,15H2;10,12-13H,2-9,11H2,1H3. The summed E-state index contributed by atoms with van der Waals surface area (Å²) in [5, 5.41) is 0. The molecule has 2 aromatic carbocycles. The van der Waals surface area contributed by atoms with Gasteiger partial charge in [-0.3, -0.25) is 0 Å². The van der Waals surface area contributed by atoms with Crippen molar-refractivity contribution in [1.82, 2.24) is 9.55 Å². The zero-order chi connectivity index (χ0) is 21.3. The lowest BCUT2D eigenvalue weighted by Crippen LogP contribution is -1.99. The van der Waals surface area contributed by atoms with Crippen molar-refractivity contribution in [3.8, 4) is 0 Å². The molecular formula is C27H39BN2. The van der Waals surface area contributed by atoms with E-state index in [4.69, 9.17) is 0 Å². The summed E-state index contributed by atoms with van der Waals surface area (Å²) in [6.45, 7) is 3.40. The summed E-state index contributed by atoms with van der Waals surface area (Å²) in [5.41, 5.74) is 2.82. The number of imidazole rings is 1. The molecule has 1 heterocycles. The molecule has 1 aromatic heterocycles. The zero-order valence-corrected chi connectivity index (χ0v) is 19.0. The minimum Gasteiger partial charge on any atom is -0.337 e. The van der Waals surface area contributed by atoms with Gasteiger partial charge in [-0.25, -0.2) is 4.98 Å². The lowest BCUT2D eigenvalue weighted by atomic mass is 9.81. The molecule has 0 spiro atoms. The van der Waals surface area contributed by atoms with Crippen LogP contribution in [0.25, 0.3) is 0 Å². The molecule has 3 aromatic rings. The van der Waals surface area contributed by atoms with Crippen molar-refractivity contribution >= 4 is 7.85 Å². The average molecular weight is 402 g/mol. The molecule has 160 valence electrons. The fourth-order valence-corrected chi connectivity index (χ4v) is 3.88. The Hall–Kier alpha value is -2.29. The molecule has 0 atom stereocenters. The van der Waals surface area contributed by atoms with Crippen LogP contribution in [0, 0.1) is 0 Å². The number of aryl methyl sites for hydroxylation is 1. The largest absolute Gasteiger partial charge is 0.337 e. The van der Waals surface area contributed by atoms with Gasteiger partial charge in [-0.1, -0.05) is 119 Å². The third kappa shape index (κ3) is 9.48. The van der Waals surface area contributed by atoms with Gasteiger partial charge in [0.1, 0.15) is 7.85 Å². The highest BCUT2D eigenvalue weighted by molar-refractivity contribution is 6.09. The summed E-state index contributed by atoms with van der Waals surface area (Å²) in [6, 6.07) is 21.4. The number of hydrogen-bond donors (Lipinski definition) is 0. The molecule has 0 aliphatic carbocycles. The molecule has 0 aliphatic heterocycles. The first-order valence-electron chi connectivity index (χ1n) is 11.9. The van der Waals surface area contributed by atoms with Gasteiger partial charge in [0.25, 0.3) is 0 Å². The average Bonchev–Trinajstić information content (AvgIpc) is 3.32. The van der Waals surface area contributed by atoms with Crippen molar-refractivity contribution in [3.63, 3.8) is 0 Å². The van der Waals surface area contributed by atoms with Crippen molar-refractivity contribution in [2.75, 3.05) is 0 Å². The topological polar surface area (TPSA) is 17.8 Å². The first-order valence-corrected chi connectivity index (χ1v) is 11.9. The number of aromatic nitrogens is 2. The Morgan fingerprint density at radius 1 is 0.767 bits per heavy atom. The van der Waals surface area contributed by atoms with Crippen molar-refractivity contribution in [2.45, 2.75) is 77.1 Å². The normalized spacial score (nSPS) is 10.6. The fourth-order valence-electron chi connectivity index (χ4n) is 3.88. The van der Waals surface area contributed by atoms with Gasteiger partial charge in [0.05, 0.1) is 6.33 Å². The Labute approximate surface area is 185 Å². The second-order valence-electron chi connectivity index (χ2n) is 8.06. The van der Waals surface area contributed by atoms with Crippen LogP contribution in [0.2, 0.25) is 6.32 Å². The maximum absolute atomic E-state index is 4.03. The Balaban J connectivity index is 0.000000214. The van der Waals surface area contributed by atoms with Gasteiger partial charge in [0.2, 0.25) is 0 Å². The van der Waals surface area contributed by atoms with E-state index in [-0.39, 0.29) is 0 Å². The summed E-state index contributed by atoms with van der Waals surface area (Å²) in [7, 11) is 2.24. The number of hydrogen-bond acceptors (Lipinski definition) is 1. The minimum absolute atomic E-state index is 0.535. The van der Waals surface area contributed by atoms with E-state index in [1.54, 1.807) is 0 Å². The Morgan fingerprint density at radius 2 is 1.30 bits per heavy atom. The van der Waals surface area contributed by atoms with Crippen LogP contribution < -0.4 is 0 Å². The van der Waals surface area contributed by atoms with Crippen LogP contribution in [0.1, 0.15) is 75.3 Å². The first-order chi connectivity index (χ1) is 14.8. The van der Waals surface area contributed by atoms with Gasteiger partial charge < -0.3 is 4.57 Å². The molecule has 0 amide bonds. The van der Waals surface area contributed by atoms with E-state index in [1.165, 1.54) is 62.5 Å². The summed E-state index contributed by atoms with van der Waals surface area (Å²) >= 11 is 0. The molecule has 0 unspecified atom stereocenters. The van der Waals surface area contributed by atoms with Crippen molar-refractivity contribution < 1.29 is 0 Å². The highest BCUT2D eigenvalue weighted by Gasteiger charge is 2.10. The minimum atomic E-state index is 0.535. The maximum Gasteiger partial charge on any atom is 0.102 e. The molecule has 0 radical (unpaired) electrons. The van der Waals surface area contributed by atoms with E-state index >= 15 is 0 Å². The monoisotopic (exact) mass is 402 g/mol. The van der Waals surface area contributed by atoms with E-state index < -0.39 is 0 Å². The summed E-state index contributed by atoms with van der Waals surface area (Å²) in [5.74, 6) is 0.535. The molecule has 0 bridgehead atoms. The number of nitrogens with zero attached hydrogens (tertiary/aromatic N) is 2. The van der Waals surface area contributed by atoms with Gasteiger partial charge >= 0.3 is 0 Å². The number of rotatable bonds is 12. The highest BCUT2D eigenvalue weighted by atomic mass is 15.0. The summed E-state index contributed by atoms with van der Waals surface area (Å²) < 4.78 is 2.16. The molecule has 3 rings (SSSR count). The van der Waals surface area contributed by atoms with Crippen LogP contribution in [-0.4, -0.2) is 17.4 Å². The number of unbranched alkanes of at least 4 members (excludes halogenated alkanes) is 7. The highest BCUT2D eigenvalue weighted by Crippen LogP contribution is 2.26. The van der Waals surface area contributed by atoms with E-state index in [1.807, 2.05) is 18.7 Å². The van der Waals surface area contributed by atoms with E-state index in [0.717, 1.165) is 12.9 Å². The molecule has 0 N–H and O–H groups in total. The maximum atomic E-state index is 4.03. The molecular weight excluding hydrogens is 363 g/mol. The lowest BCUT2D eigenvalue weighted by molar-refractivity contribution is 0.543. The van der Waals surface area contributed by atoms with Crippen LogP contribution >= 0.6 is 0 Å². The molecule has 2 nitrogen and oxygen atoms in total. The van der Waals surface area contributed by atoms with Gasteiger partial charge in [-0.15, -0.1) is 0 Å². The predicted octanol–water partition coefficient (Wildman–Crippen LogP) is 6.89. The summed E-state index contributed by atoms with van der Waals surface area (Å²) in [4.78, 5) is 4.03. The van der Waals surface area contributed by atoms with E-state index in [9.17, 15) is 0 Å². The lowest BCUT2D eigenvalue weighted by Gasteiger charge is -2.15. The molecule has 0 aliphatic rings. The van der Waals surface area contributed by atoms with Crippen LogP contribution in [0.5, 0.6) is 0 Å². The van der Waals surface area contributed by atoms with Gasteiger partial charge in [0.15, 0.2) is 0 Å². The molecule has 0 fully saturated rings. The van der Waals surface area contributed by atoms with Gasteiger partial charge in [0, 0.05) is 24.9 Å². The van der Waals surface area contributed by atoms with Crippen molar-refractivity contribution in [3.05, 3.63) is 90.5 Å². The first kappa shape index (κ1) is 24.0. The number of benzene rings is 2. The van der Waals surface area contributed by atoms with Gasteiger partial charge in [-0.2, -0.15) is 0 Å². The Morgan fingerprint density at radius 3 is 1.77 bits per heavy atom. The molecule has 0 saturated heterocycles. The fraction of sp³-hybridized carbons (Fsp3) is 0.444. The second-order valence-corrected chi connectivity index (χ2v) is 8.06.